The fraction of sp³-hybridized carbons (Fsp3) is 0.400. The van der Waals surface area contributed by atoms with Crippen molar-refractivity contribution in [2.24, 2.45) is 0 Å². The number of hydrogen-bond donors (Lipinski definition) is 0. The van der Waals surface area contributed by atoms with Gasteiger partial charge in [0.2, 0.25) is 0 Å². The normalized spacial score (nSPS) is 15.3. The summed E-state index contributed by atoms with van der Waals surface area (Å²) in [6.07, 6.45) is 4.09. The lowest BCUT2D eigenvalue weighted by molar-refractivity contribution is 0.353. The van der Waals surface area contributed by atoms with Crippen LogP contribution in [0.2, 0.25) is 0 Å². The van der Waals surface area contributed by atoms with E-state index in [1.54, 1.807) is 14.2 Å². The molecular weight excluding hydrogens is 314 g/mol. The molecule has 1 aliphatic heterocycles. The molecule has 0 atom stereocenters. The topological polar surface area (TPSA) is 58.4 Å². The fourth-order valence-corrected chi connectivity index (χ4v) is 3.85. The number of hydrogen-bond acceptors (Lipinski definition) is 5. The maximum Gasteiger partial charge on any atom is 0.161 e. The Morgan fingerprint density at radius 1 is 1.00 bits per heavy atom. The summed E-state index contributed by atoms with van der Waals surface area (Å²) in [7, 11) is 3.31. The molecule has 0 bridgehead atoms. The van der Waals surface area contributed by atoms with E-state index < -0.39 is 0 Å². The Hall–Kier alpha value is -2.74. The zero-order valence-corrected chi connectivity index (χ0v) is 14.6. The molecule has 4 rings (SSSR count). The SMILES string of the molecule is COc1cc2c(cc1OC)CN(c1nc3c(cc1C#N)CCC3)CC2. The number of pyridine rings is 1. The van der Waals surface area contributed by atoms with Gasteiger partial charge in [-0.3, -0.25) is 0 Å². The zero-order valence-electron chi connectivity index (χ0n) is 14.6. The number of aromatic nitrogens is 1. The van der Waals surface area contributed by atoms with E-state index in [-0.39, 0.29) is 0 Å². The number of nitrogens with zero attached hydrogens (tertiary/aromatic N) is 3. The van der Waals surface area contributed by atoms with Crippen LogP contribution in [-0.2, 0) is 25.8 Å². The first-order chi connectivity index (χ1) is 12.2. The number of benzene rings is 1. The number of anilines is 1. The summed E-state index contributed by atoms with van der Waals surface area (Å²) in [5, 5.41) is 9.57. The first-order valence-corrected chi connectivity index (χ1v) is 8.65. The molecule has 0 fully saturated rings. The van der Waals surface area contributed by atoms with Gasteiger partial charge in [0, 0.05) is 18.8 Å². The molecule has 0 N–H and O–H groups in total. The molecule has 25 heavy (non-hydrogen) atoms. The van der Waals surface area contributed by atoms with Crippen molar-refractivity contribution < 1.29 is 9.47 Å². The third-order valence-corrected chi connectivity index (χ3v) is 5.17. The van der Waals surface area contributed by atoms with Crippen LogP contribution in [0.25, 0.3) is 0 Å². The van der Waals surface area contributed by atoms with Gasteiger partial charge in [0.05, 0.1) is 19.8 Å². The predicted molar refractivity (Wildman–Crippen MR) is 95.3 cm³/mol. The van der Waals surface area contributed by atoms with E-state index >= 15 is 0 Å². The van der Waals surface area contributed by atoms with E-state index in [4.69, 9.17) is 14.5 Å². The van der Waals surface area contributed by atoms with Gasteiger partial charge < -0.3 is 14.4 Å². The Morgan fingerprint density at radius 3 is 2.48 bits per heavy atom. The lowest BCUT2D eigenvalue weighted by Crippen LogP contribution is -2.32. The molecule has 0 unspecified atom stereocenters. The first kappa shape index (κ1) is 15.8. The molecule has 128 valence electrons. The molecule has 1 aliphatic carbocycles. The minimum atomic E-state index is 0.685. The van der Waals surface area contributed by atoms with Crippen LogP contribution in [0.1, 0.15) is 34.4 Å². The van der Waals surface area contributed by atoms with Gasteiger partial charge in [-0.1, -0.05) is 0 Å². The van der Waals surface area contributed by atoms with Crippen molar-refractivity contribution in [3.8, 4) is 17.6 Å². The van der Waals surface area contributed by atoms with Gasteiger partial charge in [-0.15, -0.1) is 0 Å². The highest BCUT2D eigenvalue weighted by molar-refractivity contribution is 5.59. The van der Waals surface area contributed by atoms with Crippen molar-refractivity contribution in [1.82, 2.24) is 4.98 Å². The summed E-state index contributed by atoms with van der Waals surface area (Å²) < 4.78 is 10.8. The van der Waals surface area contributed by atoms with Gasteiger partial charge in [-0.25, -0.2) is 4.98 Å². The van der Waals surface area contributed by atoms with Crippen LogP contribution in [0.15, 0.2) is 18.2 Å². The molecule has 2 heterocycles. The van der Waals surface area contributed by atoms with Gasteiger partial charge >= 0.3 is 0 Å². The van der Waals surface area contributed by atoms with Crippen molar-refractivity contribution in [2.45, 2.75) is 32.2 Å². The van der Waals surface area contributed by atoms with Crippen LogP contribution >= 0.6 is 0 Å². The van der Waals surface area contributed by atoms with Crippen molar-refractivity contribution >= 4 is 5.82 Å². The van der Waals surface area contributed by atoms with Gasteiger partial charge in [0.1, 0.15) is 11.9 Å². The van der Waals surface area contributed by atoms with Crippen molar-refractivity contribution in [2.75, 3.05) is 25.7 Å². The summed E-state index contributed by atoms with van der Waals surface area (Å²) in [5.41, 5.74) is 5.56. The summed E-state index contributed by atoms with van der Waals surface area (Å²) in [5.74, 6) is 2.33. The van der Waals surface area contributed by atoms with Crippen LogP contribution in [0.3, 0.4) is 0 Å². The number of aryl methyl sites for hydroxylation is 2. The molecule has 2 aromatic rings. The van der Waals surface area contributed by atoms with Crippen LogP contribution in [0, 0.1) is 11.3 Å². The van der Waals surface area contributed by atoms with E-state index in [2.05, 4.69) is 17.0 Å². The van der Waals surface area contributed by atoms with E-state index in [1.807, 2.05) is 12.1 Å². The third-order valence-electron chi connectivity index (χ3n) is 5.17. The standard InChI is InChI=1S/C20H21N3O2/c1-24-18-9-13-6-7-23(12-16(13)10-19(18)25-2)20-15(11-21)8-14-4-3-5-17(14)22-20/h8-10H,3-7,12H2,1-2H3. The average molecular weight is 335 g/mol. The maximum atomic E-state index is 9.57. The molecule has 5 nitrogen and oxygen atoms in total. The molecule has 5 heteroatoms. The predicted octanol–water partition coefficient (Wildman–Crippen LogP) is 3.02. The second-order valence-corrected chi connectivity index (χ2v) is 6.58. The van der Waals surface area contributed by atoms with Crippen LogP contribution in [0.5, 0.6) is 11.5 Å². The molecule has 1 aromatic carbocycles. The smallest absolute Gasteiger partial charge is 0.161 e. The highest BCUT2D eigenvalue weighted by atomic mass is 16.5. The largest absolute Gasteiger partial charge is 0.493 e. The number of ether oxygens (including phenoxy) is 2. The molecule has 0 saturated heterocycles. The highest BCUT2D eigenvalue weighted by Crippen LogP contribution is 2.35. The second kappa shape index (κ2) is 6.29. The highest BCUT2D eigenvalue weighted by Gasteiger charge is 2.24. The minimum absolute atomic E-state index is 0.685. The van der Waals surface area contributed by atoms with Crippen LogP contribution < -0.4 is 14.4 Å². The zero-order chi connectivity index (χ0) is 17.4. The summed E-state index contributed by atoms with van der Waals surface area (Å²) in [6.45, 7) is 1.58. The maximum absolute atomic E-state index is 9.57. The fourth-order valence-electron chi connectivity index (χ4n) is 3.85. The quantitative estimate of drug-likeness (QED) is 0.863. The first-order valence-electron chi connectivity index (χ1n) is 8.65. The van der Waals surface area contributed by atoms with E-state index in [9.17, 15) is 5.26 Å². The van der Waals surface area contributed by atoms with Crippen molar-refractivity contribution in [3.63, 3.8) is 0 Å². The van der Waals surface area contributed by atoms with Gasteiger partial charge in [0.15, 0.2) is 11.5 Å². The van der Waals surface area contributed by atoms with Gasteiger partial charge in [-0.2, -0.15) is 5.26 Å². The Kier molecular flexibility index (Phi) is 3.96. The molecule has 1 aromatic heterocycles. The van der Waals surface area contributed by atoms with E-state index in [0.29, 0.717) is 5.56 Å². The number of methoxy groups -OCH3 is 2. The van der Waals surface area contributed by atoms with Crippen LogP contribution in [0.4, 0.5) is 5.82 Å². The summed E-state index contributed by atoms with van der Waals surface area (Å²) in [4.78, 5) is 7.06. The Bertz CT molecular complexity index is 870. The monoisotopic (exact) mass is 335 g/mol. The third kappa shape index (κ3) is 2.68. The number of fused-ring (bicyclic) bond motifs is 2. The lowest BCUT2D eigenvalue weighted by atomic mass is 9.98. The molecule has 0 amide bonds. The molecule has 0 spiro atoms. The Morgan fingerprint density at radius 2 is 1.76 bits per heavy atom. The van der Waals surface area contributed by atoms with Crippen molar-refractivity contribution in [1.29, 1.82) is 5.26 Å². The van der Waals surface area contributed by atoms with Crippen LogP contribution in [-0.4, -0.2) is 25.7 Å². The van der Waals surface area contributed by atoms with Gasteiger partial charge in [0.25, 0.3) is 0 Å². The molecule has 0 saturated carbocycles. The minimum Gasteiger partial charge on any atom is -0.493 e. The van der Waals surface area contributed by atoms with E-state index in [0.717, 1.165) is 61.8 Å². The number of rotatable bonds is 3. The van der Waals surface area contributed by atoms with Gasteiger partial charge in [-0.05, 0) is 60.6 Å². The average Bonchev–Trinajstić information content (AvgIpc) is 3.12. The Balaban J connectivity index is 1.70. The number of nitriles is 1. The molecule has 0 radical (unpaired) electrons. The summed E-state index contributed by atoms with van der Waals surface area (Å²) in [6, 6.07) is 8.48. The molecular formula is C20H21N3O2. The second-order valence-electron chi connectivity index (χ2n) is 6.58. The Labute approximate surface area is 147 Å². The van der Waals surface area contributed by atoms with Crippen molar-refractivity contribution in [3.05, 3.63) is 46.1 Å². The lowest BCUT2D eigenvalue weighted by Gasteiger charge is -2.31. The van der Waals surface area contributed by atoms with E-state index in [1.165, 1.54) is 16.7 Å². The summed E-state index contributed by atoms with van der Waals surface area (Å²) >= 11 is 0. The molecule has 2 aliphatic rings.